The van der Waals surface area contributed by atoms with Gasteiger partial charge in [-0.2, -0.15) is 0 Å². The van der Waals surface area contributed by atoms with E-state index < -0.39 is 11.6 Å². The van der Waals surface area contributed by atoms with Gasteiger partial charge in [0.05, 0.1) is 40.1 Å². The third-order valence-corrected chi connectivity index (χ3v) is 5.15. The van der Waals surface area contributed by atoms with E-state index in [0.29, 0.717) is 42.5 Å². The molecule has 2 N–H and O–H groups in total. The van der Waals surface area contributed by atoms with Crippen molar-refractivity contribution in [3.63, 3.8) is 0 Å². The minimum absolute atomic E-state index is 0.248. The van der Waals surface area contributed by atoms with Crippen molar-refractivity contribution < 1.29 is 9.53 Å². The van der Waals surface area contributed by atoms with Gasteiger partial charge in [0, 0.05) is 13.1 Å². The fourth-order valence-corrected chi connectivity index (χ4v) is 3.63. The van der Waals surface area contributed by atoms with Gasteiger partial charge in [-0.3, -0.25) is 4.79 Å². The maximum atomic E-state index is 13.3. The van der Waals surface area contributed by atoms with E-state index in [1.165, 1.54) is 4.68 Å². The van der Waals surface area contributed by atoms with Gasteiger partial charge < -0.3 is 20.4 Å². The Kier molecular flexibility index (Phi) is 5.98. The Morgan fingerprint density at radius 3 is 2.31 bits per heavy atom. The van der Waals surface area contributed by atoms with Gasteiger partial charge in [-0.25, -0.2) is 14.5 Å². The molecule has 0 radical (unpaired) electrons. The second-order valence-corrected chi connectivity index (χ2v) is 8.86. The molecule has 1 amide bonds. The number of aromatic nitrogens is 2. The second kappa shape index (κ2) is 8.01. The standard InChI is InChI=1S/C19H25Cl2N5O3/c1-11(22)16-23-15-13(21)6-5-12(20)14(15)17(27)26(16)25-9-7-24(8-10-25)18(28)29-19(2,3)4/h5-6,11H,7-10,22H2,1-4H3/t11-/m0/s1. The van der Waals surface area contributed by atoms with Gasteiger partial charge in [0.25, 0.3) is 5.56 Å². The molecule has 2 heterocycles. The molecule has 1 aliphatic rings. The summed E-state index contributed by atoms with van der Waals surface area (Å²) in [5.74, 6) is 0.386. The van der Waals surface area contributed by atoms with Crippen LogP contribution in [0.4, 0.5) is 4.79 Å². The number of piperazine rings is 1. The average Bonchev–Trinajstić information content (AvgIpc) is 2.63. The maximum absolute atomic E-state index is 13.3. The highest BCUT2D eigenvalue weighted by Crippen LogP contribution is 2.27. The third-order valence-electron chi connectivity index (χ3n) is 4.53. The number of amides is 1. The lowest BCUT2D eigenvalue weighted by atomic mass is 10.2. The van der Waals surface area contributed by atoms with Crippen molar-refractivity contribution in [2.45, 2.75) is 39.3 Å². The summed E-state index contributed by atoms with van der Waals surface area (Å²) in [6.45, 7) is 8.87. The predicted octanol–water partition coefficient (Wildman–Crippen LogP) is 2.91. The highest BCUT2D eigenvalue weighted by molar-refractivity contribution is 6.39. The number of halogens is 2. The third kappa shape index (κ3) is 4.44. The SMILES string of the molecule is C[C@H](N)c1nc2c(Cl)ccc(Cl)c2c(=O)n1N1CCN(C(=O)OC(C)(C)C)CC1. The van der Waals surface area contributed by atoms with Crippen molar-refractivity contribution in [1.29, 1.82) is 0 Å². The van der Waals surface area contributed by atoms with Crippen LogP contribution in [0.15, 0.2) is 16.9 Å². The highest BCUT2D eigenvalue weighted by atomic mass is 35.5. The number of hydrogen-bond acceptors (Lipinski definition) is 6. The van der Waals surface area contributed by atoms with Crippen LogP contribution in [-0.4, -0.2) is 52.4 Å². The zero-order valence-electron chi connectivity index (χ0n) is 16.9. The predicted molar refractivity (Wildman–Crippen MR) is 114 cm³/mol. The highest BCUT2D eigenvalue weighted by Gasteiger charge is 2.28. The van der Waals surface area contributed by atoms with E-state index in [4.69, 9.17) is 33.7 Å². The van der Waals surface area contributed by atoms with E-state index in [2.05, 4.69) is 4.98 Å². The molecule has 0 bridgehead atoms. The first-order valence-corrected chi connectivity index (χ1v) is 10.1. The lowest BCUT2D eigenvalue weighted by molar-refractivity contribution is 0.0231. The summed E-state index contributed by atoms with van der Waals surface area (Å²) >= 11 is 12.5. The first-order chi connectivity index (χ1) is 13.5. The van der Waals surface area contributed by atoms with Crippen molar-refractivity contribution in [2.24, 2.45) is 5.73 Å². The van der Waals surface area contributed by atoms with Crippen LogP contribution >= 0.6 is 23.2 Å². The van der Waals surface area contributed by atoms with E-state index in [9.17, 15) is 9.59 Å². The second-order valence-electron chi connectivity index (χ2n) is 8.05. The fraction of sp³-hybridized carbons (Fsp3) is 0.526. The number of nitrogens with two attached hydrogens (primary N) is 1. The number of ether oxygens (including phenoxy) is 1. The van der Waals surface area contributed by atoms with Gasteiger partial charge in [-0.15, -0.1) is 0 Å². The summed E-state index contributed by atoms with van der Waals surface area (Å²) in [6.07, 6.45) is -0.372. The molecule has 1 fully saturated rings. The smallest absolute Gasteiger partial charge is 0.410 e. The molecule has 1 aromatic heterocycles. The van der Waals surface area contributed by atoms with Crippen molar-refractivity contribution >= 4 is 40.2 Å². The summed E-state index contributed by atoms with van der Waals surface area (Å²) in [5.41, 5.74) is 5.54. The Labute approximate surface area is 179 Å². The molecule has 10 heteroatoms. The first-order valence-electron chi connectivity index (χ1n) is 9.39. The normalized spacial score (nSPS) is 16.2. The lowest BCUT2D eigenvalue weighted by Gasteiger charge is -2.38. The number of benzene rings is 1. The fourth-order valence-electron chi connectivity index (χ4n) is 3.20. The Hall–Kier alpha value is -2.03. The van der Waals surface area contributed by atoms with E-state index in [1.807, 2.05) is 25.8 Å². The van der Waals surface area contributed by atoms with E-state index in [-0.39, 0.29) is 22.1 Å². The zero-order valence-corrected chi connectivity index (χ0v) is 18.4. The Morgan fingerprint density at radius 2 is 1.76 bits per heavy atom. The molecule has 1 saturated heterocycles. The first kappa shape index (κ1) is 21.7. The lowest BCUT2D eigenvalue weighted by Crippen LogP contribution is -2.57. The molecule has 0 saturated carbocycles. The van der Waals surface area contributed by atoms with Crippen LogP contribution in [0.2, 0.25) is 10.0 Å². The molecule has 158 valence electrons. The van der Waals surface area contributed by atoms with Gasteiger partial charge >= 0.3 is 6.09 Å². The number of nitrogens with zero attached hydrogens (tertiary/aromatic N) is 4. The number of carbonyl (C=O) groups is 1. The minimum atomic E-state index is -0.564. The number of hydrogen-bond donors (Lipinski definition) is 1. The summed E-state index contributed by atoms with van der Waals surface area (Å²) in [7, 11) is 0. The Morgan fingerprint density at radius 1 is 1.17 bits per heavy atom. The molecule has 0 spiro atoms. The molecule has 29 heavy (non-hydrogen) atoms. The largest absolute Gasteiger partial charge is 0.444 e. The zero-order chi connectivity index (χ0) is 21.5. The Balaban J connectivity index is 1.96. The van der Waals surface area contributed by atoms with Gasteiger partial charge in [0.15, 0.2) is 0 Å². The molecule has 3 rings (SSSR count). The molecule has 0 aliphatic carbocycles. The van der Waals surface area contributed by atoms with Gasteiger partial charge in [-0.1, -0.05) is 23.2 Å². The maximum Gasteiger partial charge on any atom is 0.410 e. The summed E-state index contributed by atoms with van der Waals surface area (Å²) < 4.78 is 6.89. The summed E-state index contributed by atoms with van der Waals surface area (Å²) in [4.78, 5) is 31.8. The molecular weight excluding hydrogens is 417 g/mol. The van der Waals surface area contributed by atoms with Gasteiger partial charge in [0.1, 0.15) is 11.4 Å². The quantitative estimate of drug-likeness (QED) is 0.769. The van der Waals surface area contributed by atoms with Crippen LogP contribution in [0.25, 0.3) is 10.9 Å². The molecule has 1 atom stereocenters. The average molecular weight is 442 g/mol. The van der Waals surface area contributed by atoms with Crippen LogP contribution in [0, 0.1) is 0 Å². The topological polar surface area (TPSA) is 93.7 Å². The summed E-state index contributed by atoms with van der Waals surface area (Å²) in [6, 6.07) is 2.67. The Bertz CT molecular complexity index is 992. The minimum Gasteiger partial charge on any atom is -0.444 e. The van der Waals surface area contributed by atoms with E-state index in [0.717, 1.165) is 0 Å². The molecular formula is C19H25Cl2N5O3. The molecule has 2 aromatic rings. The van der Waals surface area contributed by atoms with Gasteiger partial charge in [0.2, 0.25) is 0 Å². The molecule has 1 aliphatic heterocycles. The number of rotatable bonds is 2. The molecule has 1 aromatic carbocycles. The van der Waals surface area contributed by atoms with Crippen LogP contribution in [0.1, 0.15) is 39.6 Å². The van der Waals surface area contributed by atoms with Crippen molar-refractivity contribution in [3.8, 4) is 0 Å². The number of carbonyl (C=O) groups excluding carboxylic acids is 1. The number of fused-ring (bicyclic) bond motifs is 1. The molecule has 0 unspecified atom stereocenters. The summed E-state index contributed by atoms with van der Waals surface area (Å²) in [5, 5.41) is 2.69. The molecule has 8 nitrogen and oxygen atoms in total. The van der Waals surface area contributed by atoms with Crippen LogP contribution in [0.5, 0.6) is 0 Å². The van der Waals surface area contributed by atoms with E-state index in [1.54, 1.807) is 24.0 Å². The van der Waals surface area contributed by atoms with Crippen molar-refractivity contribution in [2.75, 3.05) is 31.2 Å². The van der Waals surface area contributed by atoms with Crippen molar-refractivity contribution in [1.82, 2.24) is 14.6 Å². The van der Waals surface area contributed by atoms with E-state index >= 15 is 0 Å². The van der Waals surface area contributed by atoms with Crippen LogP contribution in [-0.2, 0) is 4.74 Å². The van der Waals surface area contributed by atoms with Crippen molar-refractivity contribution in [3.05, 3.63) is 38.4 Å². The van der Waals surface area contributed by atoms with Crippen LogP contribution < -0.4 is 16.3 Å². The van der Waals surface area contributed by atoms with Gasteiger partial charge in [-0.05, 0) is 39.8 Å². The van der Waals surface area contributed by atoms with Crippen LogP contribution in [0.3, 0.4) is 0 Å². The monoisotopic (exact) mass is 441 g/mol.